The Morgan fingerprint density at radius 2 is 1.76 bits per heavy atom. The van der Waals surface area contributed by atoms with Gasteiger partial charge in [0.15, 0.2) is 0 Å². The highest BCUT2D eigenvalue weighted by Crippen LogP contribution is 2.20. The number of nitrogens with two attached hydrogens (primary N) is 2. The number of benzene rings is 1. The topological polar surface area (TPSA) is 72.3 Å². The summed E-state index contributed by atoms with van der Waals surface area (Å²) >= 11 is 1.79. The lowest BCUT2D eigenvalue weighted by Crippen LogP contribution is -2.32. The van der Waals surface area contributed by atoms with Crippen molar-refractivity contribution in [2.75, 3.05) is 12.3 Å². The number of thiophene rings is 1. The van der Waals surface area contributed by atoms with E-state index < -0.39 is 0 Å². The van der Waals surface area contributed by atoms with Crippen molar-refractivity contribution in [2.24, 2.45) is 5.73 Å². The summed E-state index contributed by atoms with van der Waals surface area (Å²) in [5.41, 5.74) is 12.9. The van der Waals surface area contributed by atoms with Gasteiger partial charge in [-0.3, -0.25) is 9.69 Å². The molecule has 0 aliphatic carbocycles. The first-order valence-electron chi connectivity index (χ1n) is 6.99. The van der Waals surface area contributed by atoms with Crippen LogP contribution in [0.4, 0.5) is 5.69 Å². The Kier molecular flexibility index (Phi) is 5.36. The number of anilines is 1. The molecule has 1 heterocycles. The second kappa shape index (κ2) is 7.24. The fourth-order valence-electron chi connectivity index (χ4n) is 2.19. The highest BCUT2D eigenvalue weighted by atomic mass is 32.1. The molecule has 0 aliphatic rings. The minimum absolute atomic E-state index is 0.254. The molecule has 5 heteroatoms. The average Bonchev–Trinajstić information content (AvgIpc) is 2.88. The van der Waals surface area contributed by atoms with E-state index in [1.165, 1.54) is 9.75 Å². The molecule has 4 nitrogen and oxygen atoms in total. The molecule has 0 fully saturated rings. The summed E-state index contributed by atoms with van der Waals surface area (Å²) in [6.07, 6.45) is 1.04. The number of rotatable bonds is 7. The number of aryl methyl sites for hydroxylation is 1. The Morgan fingerprint density at radius 1 is 1.10 bits per heavy atom. The number of carbonyl (C=O) groups is 1. The van der Waals surface area contributed by atoms with Gasteiger partial charge in [0.2, 0.25) is 5.91 Å². The van der Waals surface area contributed by atoms with Crippen LogP contribution in [0.25, 0.3) is 0 Å². The predicted molar refractivity (Wildman–Crippen MR) is 87.9 cm³/mol. The number of primary amides is 1. The fraction of sp³-hybridized carbons (Fsp3) is 0.312. The molecule has 0 saturated carbocycles. The second-order valence-corrected chi connectivity index (χ2v) is 6.33. The summed E-state index contributed by atoms with van der Waals surface area (Å²) in [4.78, 5) is 15.9. The van der Waals surface area contributed by atoms with Crippen molar-refractivity contribution < 1.29 is 4.79 Å². The van der Waals surface area contributed by atoms with Crippen LogP contribution in [0, 0.1) is 0 Å². The Bertz CT molecular complexity index is 592. The van der Waals surface area contributed by atoms with Gasteiger partial charge in [-0.25, -0.2) is 0 Å². The monoisotopic (exact) mass is 303 g/mol. The summed E-state index contributed by atoms with van der Waals surface area (Å²) in [5.74, 6) is -0.308. The Balaban J connectivity index is 2.06. The first kappa shape index (κ1) is 15.5. The van der Waals surface area contributed by atoms with Crippen LogP contribution in [-0.4, -0.2) is 17.4 Å². The van der Waals surface area contributed by atoms with Crippen molar-refractivity contribution in [1.29, 1.82) is 0 Å². The summed E-state index contributed by atoms with van der Waals surface area (Å²) < 4.78 is 0. The Labute approximate surface area is 129 Å². The summed E-state index contributed by atoms with van der Waals surface area (Å²) in [6.45, 7) is 3.81. The SMILES string of the molecule is CCc1ccc(CN(CC(N)=O)Cc2ccc(N)cc2)s1. The predicted octanol–water partition coefficient (Wildman–Crippen LogP) is 2.38. The maximum atomic E-state index is 11.3. The van der Waals surface area contributed by atoms with E-state index in [9.17, 15) is 4.79 Å². The molecule has 0 unspecified atom stereocenters. The molecule has 1 aromatic heterocycles. The van der Waals surface area contributed by atoms with E-state index in [0.29, 0.717) is 6.54 Å². The molecule has 0 spiro atoms. The van der Waals surface area contributed by atoms with Gasteiger partial charge < -0.3 is 11.5 Å². The quantitative estimate of drug-likeness (QED) is 0.771. The van der Waals surface area contributed by atoms with Gasteiger partial charge in [0.25, 0.3) is 0 Å². The van der Waals surface area contributed by atoms with Gasteiger partial charge in [0, 0.05) is 28.5 Å². The number of hydrogen-bond donors (Lipinski definition) is 2. The van der Waals surface area contributed by atoms with Gasteiger partial charge in [0.1, 0.15) is 0 Å². The molecule has 2 aromatic rings. The third kappa shape index (κ3) is 4.88. The number of nitrogens with zero attached hydrogens (tertiary/aromatic N) is 1. The van der Waals surface area contributed by atoms with Crippen molar-refractivity contribution >= 4 is 22.9 Å². The van der Waals surface area contributed by atoms with Gasteiger partial charge >= 0.3 is 0 Å². The minimum Gasteiger partial charge on any atom is -0.399 e. The van der Waals surface area contributed by atoms with Crippen LogP contribution in [0.15, 0.2) is 36.4 Å². The van der Waals surface area contributed by atoms with Crippen LogP contribution in [0.2, 0.25) is 0 Å². The normalized spacial score (nSPS) is 11.0. The maximum Gasteiger partial charge on any atom is 0.231 e. The first-order chi connectivity index (χ1) is 10.1. The van der Waals surface area contributed by atoms with Crippen LogP contribution in [0.3, 0.4) is 0 Å². The highest BCUT2D eigenvalue weighted by Gasteiger charge is 2.11. The molecule has 0 atom stereocenters. The van der Waals surface area contributed by atoms with E-state index in [1.807, 2.05) is 24.3 Å². The Hall–Kier alpha value is -1.85. The van der Waals surface area contributed by atoms with E-state index in [2.05, 4.69) is 24.0 Å². The largest absolute Gasteiger partial charge is 0.399 e. The summed E-state index contributed by atoms with van der Waals surface area (Å²) in [5, 5.41) is 0. The van der Waals surface area contributed by atoms with Gasteiger partial charge in [-0.1, -0.05) is 19.1 Å². The lowest BCUT2D eigenvalue weighted by atomic mass is 10.2. The Morgan fingerprint density at radius 3 is 2.33 bits per heavy atom. The minimum atomic E-state index is -0.308. The van der Waals surface area contributed by atoms with Crippen LogP contribution in [-0.2, 0) is 24.3 Å². The number of amides is 1. The molecule has 4 N–H and O–H groups in total. The molecule has 21 heavy (non-hydrogen) atoms. The lowest BCUT2D eigenvalue weighted by molar-refractivity contribution is -0.119. The molecule has 0 saturated heterocycles. The molecular weight excluding hydrogens is 282 g/mol. The van der Waals surface area contributed by atoms with Crippen molar-refractivity contribution in [2.45, 2.75) is 26.4 Å². The molecule has 0 radical (unpaired) electrons. The van der Waals surface area contributed by atoms with E-state index in [1.54, 1.807) is 11.3 Å². The van der Waals surface area contributed by atoms with Crippen LogP contribution >= 0.6 is 11.3 Å². The summed E-state index contributed by atoms with van der Waals surface area (Å²) in [7, 11) is 0. The molecular formula is C16H21N3OS. The molecule has 0 bridgehead atoms. The van der Waals surface area contributed by atoms with Crippen molar-refractivity contribution in [1.82, 2.24) is 4.90 Å². The van der Waals surface area contributed by atoms with Gasteiger partial charge in [0.05, 0.1) is 6.54 Å². The lowest BCUT2D eigenvalue weighted by Gasteiger charge is -2.20. The third-order valence-corrected chi connectivity index (χ3v) is 4.42. The van der Waals surface area contributed by atoms with Crippen molar-refractivity contribution in [3.63, 3.8) is 0 Å². The first-order valence-corrected chi connectivity index (χ1v) is 7.81. The van der Waals surface area contributed by atoms with Gasteiger partial charge in [-0.05, 0) is 36.2 Å². The van der Waals surface area contributed by atoms with Crippen LogP contribution in [0.5, 0.6) is 0 Å². The van der Waals surface area contributed by atoms with E-state index in [0.717, 1.165) is 24.2 Å². The average molecular weight is 303 g/mol. The maximum absolute atomic E-state index is 11.3. The standard InChI is InChI=1S/C16H21N3OS/c1-2-14-7-8-15(21-14)10-19(11-16(18)20)9-12-3-5-13(17)6-4-12/h3-8H,2,9-11,17H2,1H3,(H2,18,20). The van der Waals surface area contributed by atoms with Crippen molar-refractivity contribution in [3.05, 3.63) is 51.7 Å². The zero-order chi connectivity index (χ0) is 15.2. The van der Waals surface area contributed by atoms with Crippen LogP contribution < -0.4 is 11.5 Å². The molecule has 2 rings (SSSR count). The second-order valence-electron chi connectivity index (χ2n) is 5.07. The number of hydrogen-bond acceptors (Lipinski definition) is 4. The molecule has 1 aromatic carbocycles. The van der Waals surface area contributed by atoms with Crippen LogP contribution in [0.1, 0.15) is 22.2 Å². The van der Waals surface area contributed by atoms with E-state index >= 15 is 0 Å². The smallest absolute Gasteiger partial charge is 0.231 e. The van der Waals surface area contributed by atoms with Gasteiger partial charge in [-0.2, -0.15) is 0 Å². The summed E-state index contributed by atoms with van der Waals surface area (Å²) in [6, 6.07) is 12.0. The van der Waals surface area contributed by atoms with Crippen molar-refractivity contribution in [3.8, 4) is 0 Å². The highest BCUT2D eigenvalue weighted by molar-refractivity contribution is 7.11. The van der Waals surface area contributed by atoms with E-state index in [-0.39, 0.29) is 12.5 Å². The zero-order valence-corrected chi connectivity index (χ0v) is 13.0. The molecule has 0 aliphatic heterocycles. The zero-order valence-electron chi connectivity index (χ0n) is 12.2. The third-order valence-electron chi connectivity index (χ3n) is 3.21. The number of nitrogen functional groups attached to an aromatic ring is 1. The van der Waals surface area contributed by atoms with E-state index in [4.69, 9.17) is 11.5 Å². The molecule has 1 amide bonds. The van der Waals surface area contributed by atoms with Gasteiger partial charge in [-0.15, -0.1) is 11.3 Å². The molecule has 112 valence electrons. The number of carbonyl (C=O) groups excluding carboxylic acids is 1. The fourth-order valence-corrected chi connectivity index (χ4v) is 3.19.